The molecule has 0 aliphatic rings. The van der Waals surface area contributed by atoms with Crippen molar-refractivity contribution in [1.29, 1.82) is 0 Å². The summed E-state index contributed by atoms with van der Waals surface area (Å²) >= 11 is 0. The first-order chi connectivity index (χ1) is 14.2. The number of rotatable bonds is 5. The highest BCUT2D eigenvalue weighted by atomic mass is 19.1. The summed E-state index contributed by atoms with van der Waals surface area (Å²) < 4.78 is 14.4. The smallest absolute Gasteiger partial charge is 0.267 e. The molecule has 3 aromatic rings. The molecule has 30 heavy (non-hydrogen) atoms. The number of benzene rings is 2. The molecule has 1 aromatic heterocycles. The van der Waals surface area contributed by atoms with E-state index in [4.69, 9.17) is 0 Å². The summed E-state index contributed by atoms with van der Waals surface area (Å²) in [5, 5.41) is 9.66. The zero-order valence-corrected chi connectivity index (χ0v) is 16.8. The second-order valence-corrected chi connectivity index (χ2v) is 6.89. The Morgan fingerprint density at radius 3 is 2.53 bits per heavy atom. The van der Waals surface area contributed by atoms with E-state index in [0.717, 1.165) is 10.2 Å². The van der Waals surface area contributed by atoms with Crippen molar-refractivity contribution in [3.05, 3.63) is 76.3 Å². The van der Waals surface area contributed by atoms with Gasteiger partial charge in [-0.2, -0.15) is 5.10 Å². The molecule has 0 saturated heterocycles. The molecule has 2 N–H and O–H groups in total. The summed E-state index contributed by atoms with van der Waals surface area (Å²) in [5.74, 6) is -1.18. The van der Waals surface area contributed by atoms with E-state index >= 15 is 0 Å². The fourth-order valence-corrected chi connectivity index (χ4v) is 2.89. The number of carbonyl (C=O) groups excluding carboxylic acids is 2. The number of aromatic nitrogens is 2. The molecule has 1 heterocycles. The van der Waals surface area contributed by atoms with Gasteiger partial charge in [-0.15, -0.1) is 0 Å². The lowest BCUT2D eigenvalue weighted by molar-refractivity contribution is -0.119. The van der Waals surface area contributed by atoms with E-state index in [0.29, 0.717) is 16.9 Å². The second-order valence-electron chi connectivity index (χ2n) is 6.89. The predicted octanol–water partition coefficient (Wildman–Crippen LogP) is 3.52. The first-order valence-corrected chi connectivity index (χ1v) is 9.29. The van der Waals surface area contributed by atoms with E-state index in [9.17, 15) is 18.8 Å². The average Bonchev–Trinajstić information content (AvgIpc) is 2.69. The Kier molecular flexibility index (Phi) is 6.06. The van der Waals surface area contributed by atoms with Crippen molar-refractivity contribution >= 4 is 23.2 Å². The maximum absolute atomic E-state index is 13.3. The van der Waals surface area contributed by atoms with E-state index in [2.05, 4.69) is 15.7 Å². The summed E-state index contributed by atoms with van der Waals surface area (Å²) in [4.78, 5) is 36.3. The summed E-state index contributed by atoms with van der Waals surface area (Å²) in [6.45, 7) is 4.82. The van der Waals surface area contributed by atoms with Crippen molar-refractivity contribution in [3.63, 3.8) is 0 Å². The Bertz CT molecular complexity index is 1170. The molecule has 0 spiro atoms. The van der Waals surface area contributed by atoms with Crippen LogP contribution in [0.15, 0.2) is 59.4 Å². The molecule has 0 aliphatic carbocycles. The van der Waals surface area contributed by atoms with Gasteiger partial charge in [0, 0.05) is 29.9 Å². The molecule has 0 saturated carbocycles. The monoisotopic (exact) mass is 408 g/mol. The van der Waals surface area contributed by atoms with E-state index in [1.807, 2.05) is 19.1 Å². The van der Waals surface area contributed by atoms with Crippen LogP contribution >= 0.6 is 0 Å². The molecule has 0 fully saturated rings. The maximum Gasteiger partial charge on any atom is 0.267 e. The van der Waals surface area contributed by atoms with Gasteiger partial charge in [-0.3, -0.25) is 14.4 Å². The highest BCUT2D eigenvalue weighted by Crippen LogP contribution is 2.24. The van der Waals surface area contributed by atoms with Gasteiger partial charge in [0.05, 0.1) is 5.69 Å². The highest BCUT2D eigenvalue weighted by molar-refractivity contribution is 5.93. The Hall–Kier alpha value is -3.81. The molecular formula is C22H21FN4O3. The number of nitrogens with zero attached hydrogens (tertiary/aromatic N) is 2. The van der Waals surface area contributed by atoms with Gasteiger partial charge < -0.3 is 10.6 Å². The van der Waals surface area contributed by atoms with Crippen LogP contribution < -0.4 is 16.2 Å². The van der Waals surface area contributed by atoms with Gasteiger partial charge in [0.25, 0.3) is 5.56 Å². The molecule has 3 rings (SSSR count). The number of carbonyl (C=O) groups is 2. The van der Waals surface area contributed by atoms with Gasteiger partial charge in [0.15, 0.2) is 0 Å². The molecule has 7 nitrogen and oxygen atoms in total. The van der Waals surface area contributed by atoms with E-state index < -0.39 is 23.3 Å². The van der Waals surface area contributed by atoms with Gasteiger partial charge in [0.2, 0.25) is 11.8 Å². The molecule has 1 atom stereocenters. The Morgan fingerprint density at radius 1 is 1.07 bits per heavy atom. The van der Waals surface area contributed by atoms with Crippen molar-refractivity contribution in [2.45, 2.75) is 26.8 Å². The number of halogens is 1. The van der Waals surface area contributed by atoms with Crippen LogP contribution in [-0.4, -0.2) is 21.6 Å². The lowest BCUT2D eigenvalue weighted by atomic mass is 10.1. The molecule has 0 bridgehead atoms. The highest BCUT2D eigenvalue weighted by Gasteiger charge is 2.18. The van der Waals surface area contributed by atoms with Gasteiger partial charge in [-0.1, -0.05) is 18.2 Å². The first-order valence-electron chi connectivity index (χ1n) is 9.29. The van der Waals surface area contributed by atoms with Crippen molar-refractivity contribution in [1.82, 2.24) is 9.78 Å². The van der Waals surface area contributed by atoms with Crippen LogP contribution in [0.5, 0.6) is 0 Å². The van der Waals surface area contributed by atoms with Crippen LogP contribution in [0.1, 0.15) is 25.5 Å². The van der Waals surface area contributed by atoms with E-state index in [-0.39, 0.29) is 11.6 Å². The summed E-state index contributed by atoms with van der Waals surface area (Å²) in [6.07, 6.45) is 0. The third-order valence-electron chi connectivity index (χ3n) is 4.51. The van der Waals surface area contributed by atoms with Crippen LogP contribution in [0.3, 0.4) is 0 Å². The summed E-state index contributed by atoms with van der Waals surface area (Å²) in [7, 11) is 0. The zero-order chi connectivity index (χ0) is 21.8. The van der Waals surface area contributed by atoms with Crippen molar-refractivity contribution < 1.29 is 14.0 Å². The Balaban J connectivity index is 1.90. The molecule has 8 heteroatoms. The van der Waals surface area contributed by atoms with Crippen LogP contribution in [0.25, 0.3) is 11.3 Å². The number of aryl methyl sites for hydroxylation is 1. The predicted molar refractivity (Wildman–Crippen MR) is 113 cm³/mol. The summed E-state index contributed by atoms with van der Waals surface area (Å²) in [5.41, 5.74) is 2.49. The fourth-order valence-electron chi connectivity index (χ4n) is 2.89. The van der Waals surface area contributed by atoms with Crippen LogP contribution in [0, 0.1) is 12.7 Å². The van der Waals surface area contributed by atoms with Crippen molar-refractivity contribution in [2.75, 3.05) is 10.6 Å². The first kappa shape index (κ1) is 20.9. The average molecular weight is 408 g/mol. The Morgan fingerprint density at radius 2 is 1.83 bits per heavy atom. The third-order valence-corrected chi connectivity index (χ3v) is 4.51. The number of hydrogen-bond donors (Lipinski definition) is 2. The molecule has 0 radical (unpaired) electrons. The molecule has 2 amide bonds. The molecule has 2 aromatic carbocycles. The normalized spacial score (nSPS) is 11.6. The quantitative estimate of drug-likeness (QED) is 0.676. The third kappa shape index (κ3) is 4.78. The summed E-state index contributed by atoms with van der Waals surface area (Å²) in [6, 6.07) is 12.8. The van der Waals surface area contributed by atoms with Gasteiger partial charge in [-0.25, -0.2) is 9.07 Å². The van der Waals surface area contributed by atoms with Gasteiger partial charge >= 0.3 is 0 Å². The number of anilines is 2. The molecule has 0 unspecified atom stereocenters. The maximum atomic E-state index is 13.3. The minimum absolute atomic E-state index is 0.198. The van der Waals surface area contributed by atoms with Gasteiger partial charge in [0.1, 0.15) is 11.9 Å². The number of amides is 2. The van der Waals surface area contributed by atoms with Crippen LogP contribution in [-0.2, 0) is 9.59 Å². The lowest BCUT2D eigenvalue weighted by Gasteiger charge is -2.15. The van der Waals surface area contributed by atoms with E-state index in [1.165, 1.54) is 38.1 Å². The Labute approximate surface area is 172 Å². The van der Waals surface area contributed by atoms with E-state index in [1.54, 1.807) is 18.2 Å². The SMILES string of the molecule is CC(=O)Nc1cc(-c2ccc(=O)n([C@@H](C)C(=O)Nc3cccc(F)c3)n2)ccc1C. The molecule has 154 valence electrons. The van der Waals surface area contributed by atoms with Crippen molar-refractivity contribution in [3.8, 4) is 11.3 Å². The largest absolute Gasteiger partial charge is 0.326 e. The van der Waals surface area contributed by atoms with Crippen LogP contribution in [0.2, 0.25) is 0 Å². The molecular weight excluding hydrogens is 387 g/mol. The number of nitrogens with one attached hydrogen (secondary N) is 2. The zero-order valence-electron chi connectivity index (χ0n) is 16.8. The standard InChI is InChI=1S/C22H21FN4O3/c1-13-7-8-16(11-20(13)24-15(3)28)19-9-10-21(29)27(26-19)14(2)22(30)25-18-6-4-5-17(23)12-18/h4-12,14H,1-3H3,(H,24,28)(H,25,30)/t14-/m0/s1. The topological polar surface area (TPSA) is 93.1 Å². The minimum atomic E-state index is -0.930. The number of hydrogen-bond acceptors (Lipinski definition) is 4. The van der Waals surface area contributed by atoms with Crippen LogP contribution in [0.4, 0.5) is 15.8 Å². The fraction of sp³-hybridized carbons (Fsp3) is 0.182. The molecule has 0 aliphatic heterocycles. The lowest BCUT2D eigenvalue weighted by Crippen LogP contribution is -2.33. The van der Waals surface area contributed by atoms with Crippen molar-refractivity contribution in [2.24, 2.45) is 0 Å². The van der Waals surface area contributed by atoms with Gasteiger partial charge in [-0.05, 0) is 49.7 Å². The second kappa shape index (κ2) is 8.69. The minimum Gasteiger partial charge on any atom is -0.326 e.